The number of Topliss-reactive ketones (excluding diaryl/α,β-unsaturated/α-hetero) is 1. The summed E-state index contributed by atoms with van der Waals surface area (Å²) in [7, 11) is 0. The van der Waals surface area contributed by atoms with E-state index in [9.17, 15) is 27.9 Å². The van der Waals surface area contributed by atoms with Crippen molar-refractivity contribution in [3.63, 3.8) is 0 Å². The molecule has 33 heavy (non-hydrogen) atoms. The van der Waals surface area contributed by atoms with Crippen molar-refractivity contribution >= 4 is 28.5 Å². The lowest BCUT2D eigenvalue weighted by atomic mass is 10.0. The van der Waals surface area contributed by atoms with Crippen LogP contribution in [0, 0.1) is 0 Å². The number of hydrogen-bond acceptors (Lipinski definition) is 6. The Hall–Kier alpha value is -4.12. The lowest BCUT2D eigenvalue weighted by Crippen LogP contribution is -2.22. The number of amides is 1. The van der Waals surface area contributed by atoms with E-state index in [1.165, 1.54) is 19.3 Å². The van der Waals surface area contributed by atoms with Gasteiger partial charge in [-0.2, -0.15) is 13.2 Å². The monoisotopic (exact) mass is 455 g/mol. The SMILES string of the molecule is CC(=O)Nc1cc(-c2[nH]c3cc(C(=O)C(F)(F)F)cnc3c2-c2ccc(CO)cn2)ccn1. The van der Waals surface area contributed by atoms with E-state index in [1.54, 1.807) is 24.3 Å². The summed E-state index contributed by atoms with van der Waals surface area (Å²) in [5.74, 6) is -2.05. The number of aromatic amines is 1. The molecule has 0 aliphatic rings. The van der Waals surface area contributed by atoms with Gasteiger partial charge in [-0.05, 0) is 29.8 Å². The number of anilines is 1. The first-order valence-corrected chi connectivity index (χ1v) is 9.61. The van der Waals surface area contributed by atoms with Crippen LogP contribution in [0.15, 0.2) is 48.9 Å². The number of carbonyl (C=O) groups excluding carboxylic acids is 2. The number of aromatic nitrogens is 4. The van der Waals surface area contributed by atoms with E-state index < -0.39 is 17.5 Å². The van der Waals surface area contributed by atoms with Crippen LogP contribution in [0.1, 0.15) is 22.8 Å². The van der Waals surface area contributed by atoms with Gasteiger partial charge in [-0.25, -0.2) is 4.98 Å². The van der Waals surface area contributed by atoms with E-state index in [1.807, 2.05) is 0 Å². The van der Waals surface area contributed by atoms with Gasteiger partial charge in [0, 0.05) is 36.6 Å². The Morgan fingerprint density at radius 2 is 1.88 bits per heavy atom. The van der Waals surface area contributed by atoms with Crippen LogP contribution < -0.4 is 5.32 Å². The largest absolute Gasteiger partial charge is 0.454 e. The molecule has 4 heterocycles. The molecule has 4 aromatic rings. The Bertz CT molecular complexity index is 1360. The van der Waals surface area contributed by atoms with Crippen molar-refractivity contribution in [2.24, 2.45) is 0 Å². The summed E-state index contributed by atoms with van der Waals surface area (Å²) >= 11 is 0. The van der Waals surface area contributed by atoms with Crippen LogP contribution in [-0.2, 0) is 11.4 Å². The predicted octanol–water partition coefficient (Wildman–Crippen LogP) is 3.88. The summed E-state index contributed by atoms with van der Waals surface area (Å²) in [6, 6.07) is 7.61. The molecule has 0 aliphatic carbocycles. The first kappa shape index (κ1) is 22.1. The molecule has 0 aromatic carbocycles. The predicted molar refractivity (Wildman–Crippen MR) is 113 cm³/mol. The number of nitrogens with zero attached hydrogens (tertiary/aromatic N) is 3. The second-order valence-corrected chi connectivity index (χ2v) is 7.14. The number of pyridine rings is 3. The van der Waals surface area contributed by atoms with E-state index in [0.717, 1.165) is 12.3 Å². The number of hydrogen-bond donors (Lipinski definition) is 3. The van der Waals surface area contributed by atoms with E-state index >= 15 is 0 Å². The van der Waals surface area contributed by atoms with Gasteiger partial charge in [0.2, 0.25) is 5.91 Å². The average Bonchev–Trinajstić information content (AvgIpc) is 3.16. The highest BCUT2D eigenvalue weighted by molar-refractivity contribution is 6.06. The summed E-state index contributed by atoms with van der Waals surface area (Å²) in [5.41, 5.74) is 2.38. The van der Waals surface area contributed by atoms with E-state index in [2.05, 4.69) is 25.3 Å². The topological polar surface area (TPSA) is 121 Å². The number of aliphatic hydroxyl groups excluding tert-OH is 1. The lowest BCUT2D eigenvalue weighted by Gasteiger charge is -2.07. The van der Waals surface area contributed by atoms with Crippen LogP contribution in [0.5, 0.6) is 0 Å². The minimum absolute atomic E-state index is 0.195. The fourth-order valence-corrected chi connectivity index (χ4v) is 3.33. The molecule has 4 rings (SSSR count). The Kier molecular flexibility index (Phi) is 5.64. The van der Waals surface area contributed by atoms with Crippen LogP contribution >= 0.6 is 0 Å². The molecule has 168 valence electrons. The number of H-pyrrole nitrogens is 1. The summed E-state index contributed by atoms with van der Waals surface area (Å²) in [4.78, 5) is 38.7. The average molecular weight is 455 g/mol. The zero-order valence-corrected chi connectivity index (χ0v) is 17.1. The minimum atomic E-state index is -5.03. The van der Waals surface area contributed by atoms with Gasteiger partial charge in [-0.15, -0.1) is 0 Å². The first-order chi connectivity index (χ1) is 15.7. The number of rotatable bonds is 5. The Balaban J connectivity index is 1.93. The number of ketones is 1. The molecule has 0 bridgehead atoms. The van der Waals surface area contributed by atoms with Crippen LogP contribution in [0.4, 0.5) is 19.0 Å². The zero-order chi connectivity index (χ0) is 23.8. The van der Waals surface area contributed by atoms with Crippen molar-refractivity contribution in [3.8, 4) is 22.5 Å². The summed E-state index contributed by atoms with van der Waals surface area (Å²) < 4.78 is 38.7. The van der Waals surface area contributed by atoms with Gasteiger partial charge >= 0.3 is 6.18 Å². The fourth-order valence-electron chi connectivity index (χ4n) is 3.33. The molecule has 0 spiro atoms. The van der Waals surface area contributed by atoms with E-state index in [0.29, 0.717) is 33.6 Å². The first-order valence-electron chi connectivity index (χ1n) is 9.61. The zero-order valence-electron chi connectivity index (χ0n) is 17.1. The van der Waals surface area contributed by atoms with Gasteiger partial charge < -0.3 is 15.4 Å². The molecule has 0 saturated heterocycles. The van der Waals surface area contributed by atoms with Gasteiger partial charge in [-0.3, -0.25) is 19.6 Å². The molecule has 11 heteroatoms. The van der Waals surface area contributed by atoms with Crippen LogP contribution in [-0.4, -0.2) is 42.9 Å². The number of fused-ring (bicyclic) bond motifs is 1. The third kappa shape index (κ3) is 4.44. The molecule has 0 atom stereocenters. The molecular formula is C22H16F3N5O3. The van der Waals surface area contributed by atoms with Crippen molar-refractivity contribution in [2.45, 2.75) is 19.7 Å². The molecular weight excluding hydrogens is 439 g/mol. The molecule has 1 amide bonds. The molecule has 0 aliphatic heterocycles. The van der Waals surface area contributed by atoms with Gasteiger partial charge in [0.05, 0.1) is 34.6 Å². The molecule has 3 N–H and O–H groups in total. The molecule has 0 unspecified atom stereocenters. The maximum absolute atomic E-state index is 12.9. The van der Waals surface area contributed by atoms with Crippen molar-refractivity contribution < 1.29 is 27.9 Å². The highest BCUT2D eigenvalue weighted by Gasteiger charge is 2.39. The number of aliphatic hydroxyl groups is 1. The molecule has 0 saturated carbocycles. The molecule has 4 aromatic heterocycles. The summed E-state index contributed by atoms with van der Waals surface area (Å²) in [5, 5.41) is 11.9. The molecule has 0 fully saturated rings. The number of carbonyl (C=O) groups is 2. The maximum Gasteiger partial charge on any atom is 0.454 e. The fraction of sp³-hybridized carbons (Fsp3) is 0.136. The maximum atomic E-state index is 12.9. The van der Waals surface area contributed by atoms with Crippen molar-refractivity contribution in [2.75, 3.05) is 5.32 Å². The summed E-state index contributed by atoms with van der Waals surface area (Å²) in [6.07, 6.45) is -1.23. The smallest absolute Gasteiger partial charge is 0.392 e. The quantitative estimate of drug-likeness (QED) is 0.393. The van der Waals surface area contributed by atoms with Crippen molar-refractivity contribution in [1.29, 1.82) is 0 Å². The standard InChI is InChI=1S/C22H16F3N5O3/c1-11(32)29-17-7-13(4-5-26-17)19-18(15-3-2-12(10-31)8-27-15)20-16(30-19)6-14(9-28-20)21(33)22(23,24)25/h2-9,30-31H,10H2,1H3,(H,26,29,32). The Morgan fingerprint density at radius 1 is 1.09 bits per heavy atom. The summed E-state index contributed by atoms with van der Waals surface area (Å²) in [6.45, 7) is 1.12. The third-order valence-corrected chi connectivity index (χ3v) is 4.77. The van der Waals surface area contributed by atoms with Gasteiger partial charge in [0.15, 0.2) is 0 Å². The second kappa shape index (κ2) is 8.43. The van der Waals surface area contributed by atoms with E-state index in [-0.39, 0.29) is 23.8 Å². The van der Waals surface area contributed by atoms with Crippen molar-refractivity contribution in [3.05, 3.63) is 60.0 Å². The van der Waals surface area contributed by atoms with Gasteiger partial charge in [0.1, 0.15) is 5.82 Å². The Labute approximate surface area is 184 Å². The van der Waals surface area contributed by atoms with Crippen molar-refractivity contribution in [1.82, 2.24) is 19.9 Å². The highest BCUT2D eigenvalue weighted by atomic mass is 19.4. The highest BCUT2D eigenvalue weighted by Crippen LogP contribution is 2.37. The third-order valence-electron chi connectivity index (χ3n) is 4.77. The van der Waals surface area contributed by atoms with Crippen LogP contribution in [0.25, 0.3) is 33.5 Å². The molecule has 0 radical (unpaired) electrons. The lowest BCUT2D eigenvalue weighted by molar-refractivity contribution is -0.114. The van der Waals surface area contributed by atoms with Gasteiger partial charge in [-0.1, -0.05) is 6.07 Å². The normalized spacial score (nSPS) is 11.5. The number of alkyl halides is 3. The van der Waals surface area contributed by atoms with E-state index in [4.69, 9.17) is 0 Å². The molecule has 8 nitrogen and oxygen atoms in total. The Morgan fingerprint density at radius 3 is 2.52 bits per heavy atom. The second-order valence-electron chi connectivity index (χ2n) is 7.14. The minimum Gasteiger partial charge on any atom is -0.392 e. The number of halogens is 3. The van der Waals surface area contributed by atoms with Crippen LogP contribution in [0.3, 0.4) is 0 Å². The van der Waals surface area contributed by atoms with Gasteiger partial charge in [0.25, 0.3) is 5.78 Å². The van der Waals surface area contributed by atoms with Crippen LogP contribution in [0.2, 0.25) is 0 Å². The number of nitrogens with one attached hydrogen (secondary N) is 2.